The molecule has 5 rings (SSSR count). The summed E-state index contributed by atoms with van der Waals surface area (Å²) in [6, 6.07) is 10.3. The summed E-state index contributed by atoms with van der Waals surface area (Å²) in [4.78, 5) is 15.1. The largest absolute Gasteiger partial charge is 0.376 e. The van der Waals surface area contributed by atoms with Crippen LogP contribution in [0, 0.1) is 11.3 Å². The number of hydrogen-bond donors (Lipinski definition) is 2. The molecule has 1 amide bonds. The van der Waals surface area contributed by atoms with Crippen LogP contribution in [0.25, 0.3) is 0 Å². The summed E-state index contributed by atoms with van der Waals surface area (Å²) < 4.78 is 5.95. The average Bonchev–Trinajstić information content (AvgIpc) is 3.31. The van der Waals surface area contributed by atoms with Gasteiger partial charge in [-0.3, -0.25) is 14.8 Å². The topological polar surface area (TPSA) is 94.0 Å². The van der Waals surface area contributed by atoms with E-state index in [1.807, 2.05) is 18.2 Å². The lowest BCUT2D eigenvalue weighted by Gasteiger charge is -2.33. The number of carbonyl (C=O) groups is 1. The summed E-state index contributed by atoms with van der Waals surface area (Å²) in [6.45, 7) is 3.67. The van der Waals surface area contributed by atoms with Crippen molar-refractivity contribution in [2.24, 2.45) is 0 Å². The Morgan fingerprint density at radius 3 is 3.14 bits per heavy atom. The first-order valence-corrected chi connectivity index (χ1v) is 10.3. The predicted octanol–water partition coefficient (Wildman–Crippen LogP) is 2.24. The molecule has 1 aromatic carbocycles. The second kappa shape index (κ2) is 7.29. The molecule has 1 saturated carbocycles. The van der Waals surface area contributed by atoms with Gasteiger partial charge in [-0.15, -0.1) is 0 Å². The maximum absolute atomic E-state index is 12.7. The van der Waals surface area contributed by atoms with Crippen LogP contribution in [-0.2, 0) is 23.3 Å². The third kappa shape index (κ3) is 3.33. The normalized spacial score (nSPS) is 24.1. The van der Waals surface area contributed by atoms with Crippen molar-refractivity contribution in [2.45, 2.75) is 50.3 Å². The molecule has 1 aliphatic carbocycles. The minimum absolute atomic E-state index is 0.0870. The zero-order valence-corrected chi connectivity index (χ0v) is 16.4. The van der Waals surface area contributed by atoms with Crippen molar-refractivity contribution in [1.29, 1.82) is 5.26 Å². The van der Waals surface area contributed by atoms with E-state index in [1.54, 1.807) is 0 Å². The number of H-pyrrole nitrogens is 1. The molecule has 0 unspecified atom stereocenters. The van der Waals surface area contributed by atoms with Gasteiger partial charge in [0.15, 0.2) is 5.69 Å². The molecule has 2 aromatic rings. The van der Waals surface area contributed by atoms with Crippen molar-refractivity contribution in [3.63, 3.8) is 0 Å². The van der Waals surface area contributed by atoms with Crippen molar-refractivity contribution in [2.75, 3.05) is 19.7 Å². The molecule has 150 valence electrons. The van der Waals surface area contributed by atoms with Crippen molar-refractivity contribution in [1.82, 2.24) is 20.4 Å². The van der Waals surface area contributed by atoms with Crippen molar-refractivity contribution >= 4 is 5.91 Å². The lowest BCUT2D eigenvalue weighted by Crippen LogP contribution is -2.41. The van der Waals surface area contributed by atoms with E-state index in [4.69, 9.17) is 10.00 Å². The minimum atomic E-state index is -0.150. The standard InChI is InChI=1S/C22H25N5O2/c23-10-15-3-1-4-16(9-15)11-27-8-7-22(13-27)14-29-12-18-19(25-26-20(18)22)21(28)24-17-5-2-6-17/h1,3-4,9,17H,2,5-8,11-14H2,(H,24,28)(H,25,26)/t22-/m1/s1. The average molecular weight is 391 g/mol. The number of benzene rings is 1. The molecule has 1 saturated heterocycles. The fraction of sp³-hybridized carbons (Fsp3) is 0.500. The highest BCUT2D eigenvalue weighted by molar-refractivity contribution is 5.94. The van der Waals surface area contributed by atoms with Crippen LogP contribution in [0.15, 0.2) is 24.3 Å². The van der Waals surface area contributed by atoms with E-state index in [-0.39, 0.29) is 11.3 Å². The molecule has 1 spiro atoms. The van der Waals surface area contributed by atoms with Crippen LogP contribution in [0.3, 0.4) is 0 Å². The molecular weight excluding hydrogens is 366 g/mol. The third-order valence-electron chi connectivity index (χ3n) is 6.57. The van der Waals surface area contributed by atoms with Crippen LogP contribution in [0.2, 0.25) is 0 Å². The van der Waals surface area contributed by atoms with Crippen molar-refractivity contribution < 1.29 is 9.53 Å². The maximum atomic E-state index is 12.7. The highest BCUT2D eigenvalue weighted by Gasteiger charge is 2.46. The Hall–Kier alpha value is -2.69. The van der Waals surface area contributed by atoms with Crippen LogP contribution >= 0.6 is 0 Å². The summed E-state index contributed by atoms with van der Waals surface area (Å²) in [5.41, 5.74) is 4.16. The van der Waals surface area contributed by atoms with Gasteiger partial charge in [-0.25, -0.2) is 0 Å². The Balaban J connectivity index is 1.33. The summed E-state index contributed by atoms with van der Waals surface area (Å²) in [5, 5.41) is 19.8. The van der Waals surface area contributed by atoms with E-state index in [9.17, 15) is 4.79 Å². The zero-order valence-electron chi connectivity index (χ0n) is 16.4. The first-order valence-electron chi connectivity index (χ1n) is 10.3. The number of likely N-dealkylation sites (tertiary alicyclic amines) is 1. The Bertz CT molecular complexity index is 974. The van der Waals surface area contributed by atoms with E-state index >= 15 is 0 Å². The van der Waals surface area contributed by atoms with E-state index in [0.29, 0.717) is 30.5 Å². The predicted molar refractivity (Wildman–Crippen MR) is 106 cm³/mol. The number of carbonyl (C=O) groups excluding carboxylic acids is 1. The van der Waals surface area contributed by atoms with Crippen LogP contribution in [0.5, 0.6) is 0 Å². The molecule has 29 heavy (non-hydrogen) atoms. The van der Waals surface area contributed by atoms with Gasteiger partial charge >= 0.3 is 0 Å². The molecule has 0 radical (unpaired) electrons. The first-order chi connectivity index (χ1) is 14.2. The van der Waals surface area contributed by atoms with Crippen LogP contribution in [0.1, 0.15) is 58.6 Å². The summed E-state index contributed by atoms with van der Waals surface area (Å²) in [6.07, 6.45) is 4.26. The Morgan fingerprint density at radius 2 is 2.34 bits per heavy atom. The van der Waals surface area contributed by atoms with E-state index in [1.165, 1.54) is 6.42 Å². The van der Waals surface area contributed by atoms with Crippen molar-refractivity contribution in [3.05, 3.63) is 52.3 Å². The first kappa shape index (κ1) is 18.3. The number of aromatic amines is 1. The van der Waals surface area contributed by atoms with Gasteiger partial charge in [-0.05, 0) is 49.9 Å². The molecule has 2 fully saturated rings. The van der Waals surface area contributed by atoms with Crippen LogP contribution < -0.4 is 5.32 Å². The number of nitrogens with zero attached hydrogens (tertiary/aromatic N) is 3. The molecule has 3 heterocycles. The number of nitriles is 1. The lowest BCUT2D eigenvalue weighted by atomic mass is 9.80. The smallest absolute Gasteiger partial charge is 0.272 e. The highest BCUT2D eigenvalue weighted by atomic mass is 16.5. The molecule has 7 heteroatoms. The molecule has 2 N–H and O–H groups in total. The fourth-order valence-corrected chi connectivity index (χ4v) is 4.77. The number of nitrogens with one attached hydrogen (secondary N) is 2. The fourth-order valence-electron chi connectivity index (χ4n) is 4.77. The quantitative estimate of drug-likeness (QED) is 0.834. The Labute approximate surface area is 170 Å². The van der Waals surface area contributed by atoms with Crippen LogP contribution in [0.4, 0.5) is 0 Å². The number of aromatic nitrogens is 2. The van der Waals surface area contributed by atoms with Gasteiger partial charge in [0.05, 0.1) is 30.5 Å². The number of ether oxygens (including phenoxy) is 1. The minimum Gasteiger partial charge on any atom is -0.376 e. The van der Waals surface area contributed by atoms with E-state index in [0.717, 1.165) is 55.7 Å². The number of hydrogen-bond acceptors (Lipinski definition) is 5. The van der Waals surface area contributed by atoms with Gasteiger partial charge in [-0.2, -0.15) is 10.4 Å². The maximum Gasteiger partial charge on any atom is 0.272 e. The number of amides is 1. The zero-order chi connectivity index (χ0) is 19.8. The number of rotatable bonds is 4. The summed E-state index contributed by atoms with van der Waals surface area (Å²) >= 11 is 0. The summed E-state index contributed by atoms with van der Waals surface area (Å²) in [7, 11) is 0. The lowest BCUT2D eigenvalue weighted by molar-refractivity contribution is 0.0508. The monoisotopic (exact) mass is 391 g/mol. The Morgan fingerprint density at radius 1 is 1.45 bits per heavy atom. The second-order valence-corrected chi connectivity index (χ2v) is 8.57. The Kier molecular flexibility index (Phi) is 4.61. The van der Waals surface area contributed by atoms with Gasteiger partial charge < -0.3 is 10.1 Å². The van der Waals surface area contributed by atoms with E-state index < -0.39 is 0 Å². The molecular formula is C22H25N5O2. The highest BCUT2D eigenvalue weighted by Crippen LogP contribution is 2.40. The van der Waals surface area contributed by atoms with Gasteiger partial charge in [0.1, 0.15) is 0 Å². The third-order valence-corrected chi connectivity index (χ3v) is 6.57. The molecule has 3 aliphatic rings. The molecule has 1 atom stereocenters. The molecule has 1 aromatic heterocycles. The van der Waals surface area contributed by atoms with Gasteiger partial charge in [0.25, 0.3) is 5.91 Å². The van der Waals surface area contributed by atoms with E-state index in [2.05, 4.69) is 32.5 Å². The van der Waals surface area contributed by atoms with Gasteiger partial charge in [0, 0.05) is 30.1 Å². The van der Waals surface area contributed by atoms with Gasteiger partial charge in [0.2, 0.25) is 0 Å². The molecule has 2 aliphatic heterocycles. The summed E-state index contributed by atoms with van der Waals surface area (Å²) in [5.74, 6) is -0.0870. The second-order valence-electron chi connectivity index (χ2n) is 8.57. The molecule has 0 bridgehead atoms. The molecule has 7 nitrogen and oxygen atoms in total. The number of fused-ring (bicyclic) bond motifs is 2. The SMILES string of the molecule is N#Cc1cccc(CN2CC[C@]3(COCc4c(C(=O)NC5CCC5)n[nH]c43)C2)c1. The van der Waals surface area contributed by atoms with Crippen molar-refractivity contribution in [3.8, 4) is 6.07 Å². The van der Waals surface area contributed by atoms with Crippen LogP contribution in [-0.4, -0.2) is 46.7 Å². The van der Waals surface area contributed by atoms with Gasteiger partial charge in [-0.1, -0.05) is 12.1 Å².